The minimum Gasteiger partial charge on any atom is -0.334 e. The Hall–Kier alpha value is -1.27. The zero-order valence-corrected chi connectivity index (χ0v) is 12.9. The van der Waals surface area contributed by atoms with Crippen LogP contribution in [0.1, 0.15) is 5.56 Å². The van der Waals surface area contributed by atoms with Crippen LogP contribution in [0, 0.1) is 3.57 Å². The first-order chi connectivity index (χ1) is 9.15. The second-order valence-corrected chi connectivity index (χ2v) is 5.56. The van der Waals surface area contributed by atoms with Crippen molar-refractivity contribution in [3.05, 3.63) is 62.7 Å². The van der Waals surface area contributed by atoms with Crippen molar-refractivity contribution in [1.82, 2.24) is 5.32 Å². The highest BCUT2D eigenvalue weighted by Gasteiger charge is 2.03. The first-order valence-corrected chi connectivity index (χ1v) is 7.14. The van der Waals surface area contributed by atoms with Crippen LogP contribution in [-0.2, 0) is 6.54 Å². The molecule has 98 valence electrons. The molecule has 0 aromatic heterocycles. The van der Waals surface area contributed by atoms with Crippen LogP contribution >= 0.6 is 34.2 Å². The summed E-state index contributed by atoms with van der Waals surface area (Å²) in [5, 5.41) is 6.20. The Morgan fingerprint density at radius 2 is 1.95 bits per heavy atom. The van der Waals surface area contributed by atoms with E-state index in [2.05, 4.69) is 33.2 Å². The van der Waals surface area contributed by atoms with Gasteiger partial charge in [0.1, 0.15) is 0 Å². The Labute approximate surface area is 130 Å². The zero-order valence-electron chi connectivity index (χ0n) is 9.99. The van der Waals surface area contributed by atoms with E-state index in [4.69, 9.17) is 11.6 Å². The third-order valence-electron chi connectivity index (χ3n) is 2.48. The lowest BCUT2D eigenvalue weighted by Gasteiger charge is -2.09. The van der Waals surface area contributed by atoms with Crippen LogP contribution in [0.15, 0.2) is 48.5 Å². The largest absolute Gasteiger partial charge is 0.334 e. The van der Waals surface area contributed by atoms with E-state index in [0.29, 0.717) is 11.6 Å². The molecule has 0 aliphatic carbocycles. The smallest absolute Gasteiger partial charge is 0.319 e. The monoisotopic (exact) mass is 386 g/mol. The highest BCUT2D eigenvalue weighted by Crippen LogP contribution is 2.15. The summed E-state index contributed by atoms with van der Waals surface area (Å²) in [6.07, 6.45) is 0. The van der Waals surface area contributed by atoms with E-state index in [9.17, 15) is 4.79 Å². The van der Waals surface area contributed by atoms with Crippen molar-refractivity contribution in [2.24, 2.45) is 0 Å². The fourth-order valence-electron chi connectivity index (χ4n) is 1.56. The number of nitrogens with one attached hydrogen (secondary N) is 2. The van der Waals surface area contributed by atoms with Gasteiger partial charge in [-0.2, -0.15) is 0 Å². The number of carbonyl (C=O) groups excluding carboxylic acids is 1. The van der Waals surface area contributed by atoms with Crippen LogP contribution in [0.2, 0.25) is 5.02 Å². The molecule has 2 amide bonds. The number of anilines is 1. The minimum atomic E-state index is -0.248. The zero-order chi connectivity index (χ0) is 13.7. The molecule has 0 aliphatic rings. The van der Waals surface area contributed by atoms with Gasteiger partial charge in [0, 0.05) is 20.8 Å². The van der Waals surface area contributed by atoms with E-state index in [-0.39, 0.29) is 6.03 Å². The van der Waals surface area contributed by atoms with Crippen LogP contribution in [0.3, 0.4) is 0 Å². The van der Waals surface area contributed by atoms with Gasteiger partial charge in [0.05, 0.1) is 0 Å². The summed E-state index contributed by atoms with van der Waals surface area (Å²) in [7, 11) is 0. The number of halogens is 2. The minimum absolute atomic E-state index is 0.248. The lowest BCUT2D eigenvalue weighted by molar-refractivity contribution is 0.251. The Kier molecular flexibility index (Phi) is 5.04. The number of hydrogen-bond acceptors (Lipinski definition) is 1. The summed E-state index contributed by atoms with van der Waals surface area (Å²) in [6.45, 7) is 0.398. The standard InChI is InChI=1S/C14H12ClIN2O/c15-13-7-2-1-4-10(13)9-17-14(19)18-12-6-3-5-11(16)8-12/h1-8H,9H2,(H2,17,18,19). The molecule has 0 saturated heterocycles. The lowest BCUT2D eigenvalue weighted by Crippen LogP contribution is -2.28. The van der Waals surface area contributed by atoms with Crippen molar-refractivity contribution in [2.45, 2.75) is 6.54 Å². The van der Waals surface area contributed by atoms with Gasteiger partial charge in [-0.3, -0.25) is 0 Å². The molecule has 0 saturated carbocycles. The number of rotatable bonds is 3. The Morgan fingerprint density at radius 3 is 2.68 bits per heavy atom. The molecule has 0 radical (unpaired) electrons. The topological polar surface area (TPSA) is 41.1 Å². The number of urea groups is 1. The van der Waals surface area contributed by atoms with Gasteiger partial charge in [-0.25, -0.2) is 4.79 Å². The molecule has 0 aliphatic heterocycles. The summed E-state index contributed by atoms with van der Waals surface area (Å²) in [6, 6.07) is 14.8. The maximum atomic E-state index is 11.7. The molecule has 0 bridgehead atoms. The van der Waals surface area contributed by atoms with E-state index < -0.39 is 0 Å². The van der Waals surface area contributed by atoms with Gasteiger partial charge in [0.15, 0.2) is 0 Å². The van der Waals surface area contributed by atoms with Gasteiger partial charge >= 0.3 is 6.03 Å². The second kappa shape index (κ2) is 6.77. The maximum absolute atomic E-state index is 11.7. The van der Waals surface area contributed by atoms with Crippen LogP contribution in [0.4, 0.5) is 10.5 Å². The van der Waals surface area contributed by atoms with Crippen molar-refractivity contribution >= 4 is 45.9 Å². The third kappa shape index (κ3) is 4.40. The molecule has 2 aromatic rings. The van der Waals surface area contributed by atoms with Crippen LogP contribution < -0.4 is 10.6 Å². The summed E-state index contributed by atoms with van der Waals surface area (Å²) < 4.78 is 1.07. The quantitative estimate of drug-likeness (QED) is 0.760. The van der Waals surface area contributed by atoms with Gasteiger partial charge in [-0.05, 0) is 52.4 Å². The van der Waals surface area contributed by atoms with E-state index in [1.807, 2.05) is 42.5 Å². The third-order valence-corrected chi connectivity index (χ3v) is 3.52. The molecule has 0 atom stereocenters. The fourth-order valence-corrected chi connectivity index (χ4v) is 2.30. The summed E-state index contributed by atoms with van der Waals surface area (Å²) in [4.78, 5) is 11.7. The molecule has 2 N–H and O–H groups in total. The van der Waals surface area contributed by atoms with Gasteiger partial charge < -0.3 is 10.6 Å². The average molecular weight is 387 g/mol. The summed E-state index contributed by atoms with van der Waals surface area (Å²) in [5.74, 6) is 0. The molecule has 0 fully saturated rings. The lowest BCUT2D eigenvalue weighted by atomic mass is 10.2. The Morgan fingerprint density at radius 1 is 1.16 bits per heavy atom. The number of hydrogen-bond donors (Lipinski definition) is 2. The molecule has 0 spiro atoms. The Balaban J connectivity index is 1.90. The number of carbonyl (C=O) groups is 1. The van der Waals surface area contributed by atoms with Crippen molar-refractivity contribution in [1.29, 1.82) is 0 Å². The summed E-state index contributed by atoms with van der Waals surface area (Å²) in [5.41, 5.74) is 1.66. The average Bonchev–Trinajstić information content (AvgIpc) is 2.38. The van der Waals surface area contributed by atoms with Crippen molar-refractivity contribution in [3.8, 4) is 0 Å². The van der Waals surface area contributed by atoms with E-state index >= 15 is 0 Å². The normalized spacial score (nSPS) is 10.0. The first kappa shape index (κ1) is 14.1. The van der Waals surface area contributed by atoms with E-state index in [1.54, 1.807) is 6.07 Å². The molecule has 2 aromatic carbocycles. The highest BCUT2D eigenvalue weighted by atomic mass is 127. The van der Waals surface area contributed by atoms with E-state index in [0.717, 1.165) is 14.8 Å². The molecule has 5 heteroatoms. The molecular weight excluding hydrogens is 375 g/mol. The molecule has 2 rings (SSSR count). The van der Waals surface area contributed by atoms with Crippen molar-refractivity contribution in [2.75, 3.05) is 5.32 Å². The van der Waals surface area contributed by atoms with Gasteiger partial charge in [0.25, 0.3) is 0 Å². The Bertz CT molecular complexity index is 589. The summed E-state index contributed by atoms with van der Waals surface area (Å²) >= 11 is 8.21. The van der Waals surface area contributed by atoms with Crippen molar-refractivity contribution in [3.63, 3.8) is 0 Å². The molecule has 19 heavy (non-hydrogen) atoms. The second-order valence-electron chi connectivity index (χ2n) is 3.91. The van der Waals surface area contributed by atoms with Gasteiger partial charge in [0.2, 0.25) is 0 Å². The predicted molar refractivity (Wildman–Crippen MR) is 86.5 cm³/mol. The molecule has 0 heterocycles. The first-order valence-electron chi connectivity index (χ1n) is 5.69. The van der Waals surface area contributed by atoms with Crippen LogP contribution in [-0.4, -0.2) is 6.03 Å². The van der Waals surface area contributed by atoms with Gasteiger partial charge in [-0.1, -0.05) is 35.9 Å². The SMILES string of the molecule is O=C(NCc1ccccc1Cl)Nc1cccc(I)c1. The van der Waals surface area contributed by atoms with Crippen molar-refractivity contribution < 1.29 is 4.79 Å². The fraction of sp³-hybridized carbons (Fsp3) is 0.0714. The van der Waals surface area contributed by atoms with Gasteiger partial charge in [-0.15, -0.1) is 0 Å². The maximum Gasteiger partial charge on any atom is 0.319 e. The predicted octanol–water partition coefficient (Wildman–Crippen LogP) is 4.27. The number of benzene rings is 2. The van der Waals surface area contributed by atoms with E-state index in [1.165, 1.54) is 0 Å². The van der Waals surface area contributed by atoms with Crippen LogP contribution in [0.25, 0.3) is 0 Å². The molecular formula is C14H12ClIN2O. The number of amides is 2. The van der Waals surface area contributed by atoms with Crippen LogP contribution in [0.5, 0.6) is 0 Å². The highest BCUT2D eigenvalue weighted by molar-refractivity contribution is 14.1. The molecule has 3 nitrogen and oxygen atoms in total. The molecule has 0 unspecified atom stereocenters.